The van der Waals surface area contributed by atoms with E-state index in [1.165, 1.54) is 6.26 Å². The van der Waals surface area contributed by atoms with E-state index in [0.29, 0.717) is 31.7 Å². The average Bonchev–Trinajstić information content (AvgIpc) is 3.00. The Kier molecular flexibility index (Phi) is 5.67. The molecule has 0 spiro atoms. The molecule has 2 rings (SSSR count). The number of rotatable bonds is 6. The van der Waals surface area contributed by atoms with Gasteiger partial charge in [-0.15, -0.1) is 0 Å². The zero-order valence-corrected chi connectivity index (χ0v) is 14.1. The van der Waals surface area contributed by atoms with Crippen LogP contribution in [0.2, 0.25) is 0 Å². The van der Waals surface area contributed by atoms with Crippen LogP contribution in [-0.2, 0) is 20.4 Å². The maximum absolute atomic E-state index is 12.4. The predicted octanol–water partition coefficient (Wildman–Crippen LogP) is 2.62. The number of carbonyl (C=O) groups is 1. The largest absolute Gasteiger partial charge is 0.468 e. The fourth-order valence-corrected chi connectivity index (χ4v) is 4.77. The second-order valence-electron chi connectivity index (χ2n) is 5.92. The Balaban J connectivity index is 1.92. The van der Waals surface area contributed by atoms with Crippen molar-refractivity contribution in [2.75, 3.05) is 13.1 Å². The zero-order chi connectivity index (χ0) is 16.2. The van der Waals surface area contributed by atoms with Gasteiger partial charge in [-0.3, -0.25) is 4.79 Å². The van der Waals surface area contributed by atoms with E-state index in [1.54, 1.807) is 12.1 Å². The molecule has 0 aliphatic carbocycles. The first-order chi connectivity index (χ1) is 10.5. The molecule has 1 aromatic heterocycles. The molecular formula is C16H25NO4S. The second-order valence-corrected chi connectivity index (χ2v) is 8.21. The van der Waals surface area contributed by atoms with Crippen molar-refractivity contribution in [3.63, 3.8) is 0 Å². The summed E-state index contributed by atoms with van der Waals surface area (Å²) in [5.41, 5.74) is 0. The minimum Gasteiger partial charge on any atom is -0.468 e. The molecule has 22 heavy (non-hydrogen) atoms. The van der Waals surface area contributed by atoms with E-state index < -0.39 is 9.84 Å². The van der Waals surface area contributed by atoms with E-state index in [9.17, 15) is 13.2 Å². The molecule has 1 aliphatic heterocycles. The summed E-state index contributed by atoms with van der Waals surface area (Å²) in [4.78, 5) is 14.2. The van der Waals surface area contributed by atoms with Gasteiger partial charge in [-0.2, -0.15) is 0 Å². The number of sulfone groups is 1. The number of carbonyl (C=O) groups excluding carboxylic acids is 1. The lowest BCUT2D eigenvalue weighted by Gasteiger charge is -2.33. The SMILES string of the molecule is CCC(CC)C(=O)N1CCC(S(=O)(=O)Cc2ccco2)CC1. The first-order valence-electron chi connectivity index (χ1n) is 8.00. The van der Waals surface area contributed by atoms with Gasteiger partial charge in [-0.1, -0.05) is 13.8 Å². The molecule has 2 heterocycles. The van der Waals surface area contributed by atoms with Crippen LogP contribution in [0.3, 0.4) is 0 Å². The fourth-order valence-electron chi connectivity index (χ4n) is 3.04. The van der Waals surface area contributed by atoms with E-state index in [-0.39, 0.29) is 22.8 Å². The molecule has 1 saturated heterocycles. The molecule has 0 unspecified atom stereocenters. The Bertz CT molecular complexity index is 567. The molecule has 124 valence electrons. The summed E-state index contributed by atoms with van der Waals surface area (Å²) in [6, 6.07) is 3.38. The first-order valence-corrected chi connectivity index (χ1v) is 9.72. The molecule has 1 aromatic rings. The summed E-state index contributed by atoms with van der Waals surface area (Å²) < 4.78 is 30.0. The Morgan fingerprint density at radius 2 is 1.95 bits per heavy atom. The van der Waals surface area contributed by atoms with Gasteiger partial charge in [-0.25, -0.2) is 8.42 Å². The van der Waals surface area contributed by atoms with Gasteiger partial charge in [0.1, 0.15) is 11.5 Å². The van der Waals surface area contributed by atoms with E-state index in [4.69, 9.17) is 4.42 Å². The summed E-state index contributed by atoms with van der Waals surface area (Å²) in [5, 5.41) is -0.372. The minimum absolute atomic E-state index is 0.0504. The summed E-state index contributed by atoms with van der Waals surface area (Å²) in [5.74, 6) is 0.671. The molecular weight excluding hydrogens is 302 g/mol. The molecule has 0 atom stereocenters. The second kappa shape index (κ2) is 7.31. The lowest BCUT2D eigenvalue weighted by atomic mass is 10.00. The Morgan fingerprint density at radius 3 is 2.45 bits per heavy atom. The predicted molar refractivity (Wildman–Crippen MR) is 85.0 cm³/mol. The third kappa shape index (κ3) is 3.91. The minimum atomic E-state index is -3.22. The number of likely N-dealkylation sites (tertiary alicyclic amines) is 1. The maximum Gasteiger partial charge on any atom is 0.225 e. The first kappa shape index (κ1) is 17.1. The summed E-state index contributed by atoms with van der Waals surface area (Å²) >= 11 is 0. The average molecular weight is 327 g/mol. The quantitative estimate of drug-likeness (QED) is 0.805. The van der Waals surface area contributed by atoms with Gasteiger partial charge < -0.3 is 9.32 Å². The van der Waals surface area contributed by atoms with E-state index in [0.717, 1.165) is 12.8 Å². The van der Waals surface area contributed by atoms with Crippen molar-refractivity contribution in [1.82, 2.24) is 4.90 Å². The van der Waals surface area contributed by atoms with Crippen LogP contribution < -0.4 is 0 Å². The van der Waals surface area contributed by atoms with Crippen molar-refractivity contribution in [1.29, 1.82) is 0 Å². The molecule has 1 aliphatic rings. The van der Waals surface area contributed by atoms with Gasteiger partial charge in [0, 0.05) is 19.0 Å². The highest BCUT2D eigenvalue weighted by Gasteiger charge is 2.33. The van der Waals surface area contributed by atoms with Crippen LogP contribution in [0.25, 0.3) is 0 Å². The van der Waals surface area contributed by atoms with Crippen LogP contribution in [0.15, 0.2) is 22.8 Å². The van der Waals surface area contributed by atoms with Crippen LogP contribution in [0.1, 0.15) is 45.3 Å². The number of piperidine rings is 1. The zero-order valence-electron chi connectivity index (χ0n) is 13.3. The molecule has 5 nitrogen and oxygen atoms in total. The number of furan rings is 1. The van der Waals surface area contributed by atoms with Gasteiger partial charge in [0.05, 0.1) is 11.5 Å². The van der Waals surface area contributed by atoms with Crippen LogP contribution in [0, 0.1) is 5.92 Å². The van der Waals surface area contributed by atoms with Crippen LogP contribution >= 0.6 is 0 Å². The Hall–Kier alpha value is -1.30. The van der Waals surface area contributed by atoms with Gasteiger partial charge in [-0.05, 0) is 37.8 Å². The lowest BCUT2D eigenvalue weighted by Crippen LogP contribution is -2.44. The van der Waals surface area contributed by atoms with Crippen molar-refractivity contribution in [3.05, 3.63) is 24.2 Å². The van der Waals surface area contributed by atoms with Crippen molar-refractivity contribution < 1.29 is 17.6 Å². The summed E-state index contributed by atoms with van der Waals surface area (Å²) in [7, 11) is -3.22. The van der Waals surface area contributed by atoms with Crippen molar-refractivity contribution >= 4 is 15.7 Å². The Morgan fingerprint density at radius 1 is 1.32 bits per heavy atom. The maximum atomic E-state index is 12.4. The lowest BCUT2D eigenvalue weighted by molar-refractivity contribution is -0.136. The topological polar surface area (TPSA) is 67.6 Å². The highest BCUT2D eigenvalue weighted by atomic mass is 32.2. The van der Waals surface area contributed by atoms with Crippen molar-refractivity contribution in [2.45, 2.75) is 50.5 Å². The van der Waals surface area contributed by atoms with Crippen molar-refractivity contribution in [3.8, 4) is 0 Å². The normalized spacial score (nSPS) is 17.1. The third-order valence-electron chi connectivity index (χ3n) is 4.52. The van der Waals surface area contributed by atoms with E-state index in [2.05, 4.69) is 0 Å². The molecule has 0 saturated carbocycles. The highest BCUT2D eigenvalue weighted by Crippen LogP contribution is 2.23. The van der Waals surface area contributed by atoms with Gasteiger partial charge in [0.15, 0.2) is 9.84 Å². The van der Waals surface area contributed by atoms with Gasteiger partial charge in [0.2, 0.25) is 5.91 Å². The highest BCUT2D eigenvalue weighted by molar-refractivity contribution is 7.91. The van der Waals surface area contributed by atoms with Gasteiger partial charge >= 0.3 is 0 Å². The van der Waals surface area contributed by atoms with Crippen LogP contribution in [0.4, 0.5) is 0 Å². The Labute approximate surface area is 132 Å². The standard InChI is InChI=1S/C16H25NO4S/c1-3-13(4-2)16(18)17-9-7-15(8-10-17)22(19,20)12-14-6-5-11-21-14/h5-6,11,13,15H,3-4,7-10,12H2,1-2H3. The number of hydrogen-bond donors (Lipinski definition) is 0. The van der Waals surface area contributed by atoms with E-state index >= 15 is 0 Å². The molecule has 0 N–H and O–H groups in total. The monoisotopic (exact) mass is 327 g/mol. The summed E-state index contributed by atoms with van der Waals surface area (Å²) in [6.07, 6.45) is 4.21. The van der Waals surface area contributed by atoms with E-state index in [1.807, 2.05) is 18.7 Å². The molecule has 1 fully saturated rings. The van der Waals surface area contributed by atoms with Gasteiger partial charge in [0.25, 0.3) is 0 Å². The number of hydrogen-bond acceptors (Lipinski definition) is 4. The molecule has 0 aromatic carbocycles. The van der Waals surface area contributed by atoms with Crippen LogP contribution in [0.5, 0.6) is 0 Å². The molecule has 6 heteroatoms. The number of amides is 1. The van der Waals surface area contributed by atoms with Crippen LogP contribution in [-0.4, -0.2) is 37.6 Å². The third-order valence-corrected chi connectivity index (χ3v) is 6.69. The molecule has 0 bridgehead atoms. The molecule has 1 amide bonds. The number of nitrogens with zero attached hydrogens (tertiary/aromatic N) is 1. The van der Waals surface area contributed by atoms with Crippen molar-refractivity contribution in [2.24, 2.45) is 5.92 Å². The summed E-state index contributed by atoms with van der Waals surface area (Å²) in [6.45, 7) is 5.12. The smallest absolute Gasteiger partial charge is 0.225 e. The fraction of sp³-hybridized carbons (Fsp3) is 0.688. The molecule has 0 radical (unpaired) electrons.